The molecular weight excluding hydrogens is 272 g/mol. The molecule has 0 radical (unpaired) electrons. The van der Waals surface area contributed by atoms with Crippen LogP contribution in [0.1, 0.15) is 29.7 Å². The molecule has 2 aromatic carbocycles. The number of rotatable bonds is 5. The quantitative estimate of drug-likeness (QED) is 0.894. The molecule has 2 rings (SSSR count). The third-order valence-electron chi connectivity index (χ3n) is 3.50. The first-order valence-electron chi connectivity index (χ1n) is 6.86. The molecule has 1 N–H and O–H groups in total. The number of halogens is 2. The van der Waals surface area contributed by atoms with E-state index in [1.54, 1.807) is 0 Å². The molecule has 0 aliphatic rings. The Labute approximate surface area is 123 Å². The normalized spacial score (nSPS) is 12.2. The van der Waals surface area contributed by atoms with Gasteiger partial charge in [0.05, 0.1) is 5.56 Å². The minimum Gasteiger partial charge on any atom is -0.488 e. The number of hydrogen-bond donors (Lipinski definition) is 1. The van der Waals surface area contributed by atoms with E-state index >= 15 is 0 Å². The third kappa shape index (κ3) is 3.58. The lowest BCUT2D eigenvalue weighted by Gasteiger charge is -2.17. The summed E-state index contributed by atoms with van der Waals surface area (Å²) in [5.74, 6) is -0.555. The zero-order valence-electron chi connectivity index (χ0n) is 12.4. The van der Waals surface area contributed by atoms with Crippen LogP contribution in [0, 0.1) is 18.6 Å². The van der Waals surface area contributed by atoms with Crippen LogP contribution in [-0.4, -0.2) is 7.05 Å². The molecule has 0 spiro atoms. The van der Waals surface area contributed by atoms with E-state index in [0.717, 1.165) is 11.1 Å². The summed E-state index contributed by atoms with van der Waals surface area (Å²) in [6.07, 6.45) is 0. The first-order valence-corrected chi connectivity index (χ1v) is 6.86. The number of aryl methyl sites for hydroxylation is 1. The molecule has 4 heteroatoms. The van der Waals surface area contributed by atoms with Gasteiger partial charge in [-0.05, 0) is 39.1 Å². The van der Waals surface area contributed by atoms with Crippen LogP contribution < -0.4 is 10.1 Å². The zero-order valence-corrected chi connectivity index (χ0v) is 12.4. The summed E-state index contributed by atoms with van der Waals surface area (Å²) in [5.41, 5.74) is 2.02. The van der Waals surface area contributed by atoms with Crippen molar-refractivity contribution in [2.75, 3.05) is 7.05 Å². The highest BCUT2D eigenvalue weighted by atomic mass is 19.1. The minimum absolute atomic E-state index is 0.0545. The minimum atomic E-state index is -0.592. The predicted molar refractivity (Wildman–Crippen MR) is 79.3 cm³/mol. The monoisotopic (exact) mass is 291 g/mol. The van der Waals surface area contributed by atoms with Gasteiger partial charge < -0.3 is 10.1 Å². The zero-order chi connectivity index (χ0) is 15.4. The smallest absolute Gasteiger partial charge is 0.132 e. The SMILES string of the molecule is CNC(C)c1cc(C)ccc1OCc1c(F)cccc1F. The molecule has 0 aromatic heterocycles. The van der Waals surface area contributed by atoms with Crippen LogP contribution in [0.2, 0.25) is 0 Å². The number of ether oxygens (including phenoxy) is 1. The van der Waals surface area contributed by atoms with Crippen LogP contribution in [0.4, 0.5) is 8.78 Å². The summed E-state index contributed by atoms with van der Waals surface area (Å²) in [5, 5.41) is 3.14. The summed E-state index contributed by atoms with van der Waals surface area (Å²) in [4.78, 5) is 0. The fraction of sp³-hybridized carbons (Fsp3) is 0.294. The lowest BCUT2D eigenvalue weighted by Crippen LogP contribution is -2.14. The van der Waals surface area contributed by atoms with Gasteiger partial charge >= 0.3 is 0 Å². The molecule has 2 aromatic rings. The number of hydrogen-bond acceptors (Lipinski definition) is 2. The van der Waals surface area contributed by atoms with Crippen molar-refractivity contribution in [2.24, 2.45) is 0 Å². The van der Waals surface area contributed by atoms with Crippen LogP contribution in [-0.2, 0) is 6.61 Å². The summed E-state index contributed by atoms with van der Waals surface area (Å²) < 4.78 is 32.9. The molecule has 21 heavy (non-hydrogen) atoms. The Balaban J connectivity index is 2.24. The Morgan fingerprint density at radius 3 is 2.43 bits per heavy atom. The summed E-state index contributed by atoms with van der Waals surface area (Å²) in [6, 6.07) is 9.64. The highest BCUT2D eigenvalue weighted by molar-refractivity contribution is 5.39. The molecule has 2 nitrogen and oxygen atoms in total. The number of benzene rings is 2. The van der Waals surface area contributed by atoms with Gasteiger partial charge in [-0.1, -0.05) is 23.8 Å². The molecule has 1 unspecified atom stereocenters. The molecule has 0 aliphatic heterocycles. The van der Waals surface area contributed by atoms with Gasteiger partial charge in [0.1, 0.15) is 24.0 Å². The molecule has 0 saturated heterocycles. The van der Waals surface area contributed by atoms with E-state index in [4.69, 9.17) is 4.74 Å². The second-order valence-corrected chi connectivity index (χ2v) is 5.04. The van der Waals surface area contributed by atoms with E-state index in [0.29, 0.717) is 5.75 Å². The molecule has 0 fully saturated rings. The highest BCUT2D eigenvalue weighted by Crippen LogP contribution is 2.27. The van der Waals surface area contributed by atoms with Crippen molar-refractivity contribution >= 4 is 0 Å². The van der Waals surface area contributed by atoms with Gasteiger partial charge in [-0.15, -0.1) is 0 Å². The molecule has 0 bridgehead atoms. The average molecular weight is 291 g/mol. The average Bonchev–Trinajstić information content (AvgIpc) is 2.47. The van der Waals surface area contributed by atoms with Gasteiger partial charge in [-0.25, -0.2) is 8.78 Å². The second kappa shape index (κ2) is 6.68. The van der Waals surface area contributed by atoms with Crippen molar-refractivity contribution in [1.82, 2.24) is 5.32 Å². The lowest BCUT2D eigenvalue weighted by atomic mass is 10.0. The standard InChI is InChI=1S/C17H19F2NO/c1-11-7-8-17(13(9-11)12(2)20-3)21-10-14-15(18)5-4-6-16(14)19/h4-9,12,20H,10H2,1-3H3. The van der Waals surface area contributed by atoms with Crippen molar-refractivity contribution in [1.29, 1.82) is 0 Å². The third-order valence-corrected chi connectivity index (χ3v) is 3.50. The maximum atomic E-state index is 13.6. The summed E-state index contributed by atoms with van der Waals surface area (Å²) in [7, 11) is 1.85. The molecular formula is C17H19F2NO. The van der Waals surface area contributed by atoms with Crippen LogP contribution in [0.5, 0.6) is 5.75 Å². The van der Waals surface area contributed by atoms with Crippen LogP contribution in [0.3, 0.4) is 0 Å². The van der Waals surface area contributed by atoms with Crippen LogP contribution in [0.15, 0.2) is 36.4 Å². The van der Waals surface area contributed by atoms with Gasteiger partial charge in [0.2, 0.25) is 0 Å². The van der Waals surface area contributed by atoms with Crippen LogP contribution in [0.25, 0.3) is 0 Å². The summed E-state index contributed by atoms with van der Waals surface area (Å²) >= 11 is 0. The first-order chi connectivity index (χ1) is 10.0. The Morgan fingerprint density at radius 1 is 1.14 bits per heavy atom. The van der Waals surface area contributed by atoms with Crippen LogP contribution >= 0.6 is 0 Å². The summed E-state index contributed by atoms with van der Waals surface area (Å²) in [6.45, 7) is 3.86. The predicted octanol–water partition coefficient (Wildman–Crippen LogP) is 4.13. The molecule has 0 saturated carbocycles. The molecule has 0 aliphatic carbocycles. The lowest BCUT2D eigenvalue weighted by molar-refractivity contribution is 0.287. The fourth-order valence-electron chi connectivity index (χ4n) is 2.11. The van der Waals surface area contributed by atoms with Gasteiger partial charge in [-0.2, -0.15) is 0 Å². The van der Waals surface area contributed by atoms with E-state index in [2.05, 4.69) is 5.32 Å². The first kappa shape index (κ1) is 15.4. The molecule has 0 amide bonds. The maximum absolute atomic E-state index is 13.6. The van der Waals surface area contributed by atoms with Crippen molar-refractivity contribution in [3.05, 3.63) is 64.7 Å². The Morgan fingerprint density at radius 2 is 1.81 bits per heavy atom. The second-order valence-electron chi connectivity index (χ2n) is 5.04. The van der Waals surface area contributed by atoms with E-state index in [1.165, 1.54) is 18.2 Å². The molecule has 0 heterocycles. The Kier molecular flexibility index (Phi) is 4.91. The topological polar surface area (TPSA) is 21.3 Å². The van der Waals surface area contributed by atoms with Crippen molar-refractivity contribution < 1.29 is 13.5 Å². The van der Waals surface area contributed by atoms with E-state index in [1.807, 2.05) is 39.1 Å². The Hall–Kier alpha value is -1.94. The Bertz CT molecular complexity index is 608. The van der Waals surface area contributed by atoms with Crippen molar-refractivity contribution in [3.8, 4) is 5.75 Å². The van der Waals surface area contributed by atoms with Gasteiger partial charge in [0.25, 0.3) is 0 Å². The molecule has 112 valence electrons. The van der Waals surface area contributed by atoms with E-state index in [-0.39, 0.29) is 18.2 Å². The van der Waals surface area contributed by atoms with Gasteiger partial charge in [0, 0.05) is 11.6 Å². The largest absolute Gasteiger partial charge is 0.488 e. The maximum Gasteiger partial charge on any atom is 0.132 e. The molecule has 1 atom stereocenters. The van der Waals surface area contributed by atoms with Crippen molar-refractivity contribution in [3.63, 3.8) is 0 Å². The highest BCUT2D eigenvalue weighted by Gasteiger charge is 2.13. The van der Waals surface area contributed by atoms with Gasteiger partial charge in [-0.3, -0.25) is 0 Å². The van der Waals surface area contributed by atoms with E-state index in [9.17, 15) is 8.78 Å². The number of nitrogens with one attached hydrogen (secondary N) is 1. The van der Waals surface area contributed by atoms with Gasteiger partial charge in [0.15, 0.2) is 0 Å². The fourth-order valence-corrected chi connectivity index (χ4v) is 2.11. The van der Waals surface area contributed by atoms with Crippen molar-refractivity contribution in [2.45, 2.75) is 26.5 Å². The van der Waals surface area contributed by atoms with E-state index < -0.39 is 11.6 Å².